The molecule has 0 saturated carbocycles. The summed E-state index contributed by atoms with van der Waals surface area (Å²) in [4.78, 5) is 9.02. The fraction of sp³-hybridized carbons (Fsp3) is 0.562. The van der Waals surface area contributed by atoms with Gasteiger partial charge in [-0.15, -0.1) is 0 Å². The van der Waals surface area contributed by atoms with Crippen LogP contribution in [-0.4, -0.2) is 57.4 Å². The summed E-state index contributed by atoms with van der Waals surface area (Å²) in [5.74, 6) is 0. The second-order valence-electron chi connectivity index (χ2n) is 6.64. The van der Waals surface area contributed by atoms with Crippen molar-refractivity contribution in [3.05, 3.63) is 30.4 Å². The fourth-order valence-electron chi connectivity index (χ4n) is 3.09. The lowest BCUT2D eigenvalue weighted by atomic mass is 10.1. The Labute approximate surface area is 148 Å². The number of hydrogen-bond acceptors (Lipinski definition) is 5. The maximum atomic E-state index is 12.5. The molecule has 0 amide bonds. The van der Waals surface area contributed by atoms with Gasteiger partial charge in [0.15, 0.2) is 0 Å². The molecule has 136 valence electrons. The minimum absolute atomic E-state index is 0.224. The van der Waals surface area contributed by atoms with E-state index in [1.807, 2.05) is 10.7 Å². The van der Waals surface area contributed by atoms with Crippen LogP contribution in [0.5, 0.6) is 0 Å². The van der Waals surface area contributed by atoms with Gasteiger partial charge in [-0.1, -0.05) is 0 Å². The second-order valence-corrected chi connectivity index (χ2v) is 8.74. The van der Waals surface area contributed by atoms with Crippen molar-refractivity contribution < 1.29 is 8.42 Å². The molecule has 1 saturated heterocycles. The third kappa shape index (κ3) is 3.31. The maximum Gasteiger partial charge on any atom is 0.282 e. The number of nitrogens with zero attached hydrogens (tertiary/aromatic N) is 6. The van der Waals surface area contributed by atoms with E-state index in [1.165, 1.54) is 8.61 Å². The molecule has 2 aromatic heterocycles. The summed E-state index contributed by atoms with van der Waals surface area (Å²) >= 11 is 0. The second kappa shape index (κ2) is 6.81. The highest BCUT2D eigenvalue weighted by Crippen LogP contribution is 2.34. The zero-order valence-electron chi connectivity index (χ0n) is 15.0. The average Bonchev–Trinajstić information content (AvgIpc) is 3.24. The van der Waals surface area contributed by atoms with Crippen LogP contribution in [0.3, 0.4) is 0 Å². The topological polar surface area (TPSA) is 84.2 Å². The van der Waals surface area contributed by atoms with E-state index in [1.54, 1.807) is 32.7 Å². The zero-order chi connectivity index (χ0) is 18.2. The van der Waals surface area contributed by atoms with Crippen LogP contribution in [0.2, 0.25) is 0 Å². The average molecular weight is 364 g/mol. The Kier molecular flexibility index (Phi) is 4.90. The van der Waals surface area contributed by atoms with Crippen molar-refractivity contribution in [1.82, 2.24) is 28.4 Å². The lowest BCUT2D eigenvalue weighted by Gasteiger charge is -2.26. The van der Waals surface area contributed by atoms with Crippen molar-refractivity contribution in [2.24, 2.45) is 0 Å². The molecule has 1 unspecified atom stereocenters. The molecule has 1 aliphatic heterocycles. The molecule has 9 heteroatoms. The Bertz CT molecular complexity index is 829. The SMILES string of the molecule is CC(C)n1nccc1-c1cnc(C2CCCN2S(=O)(=O)N(C)C)cn1. The van der Waals surface area contributed by atoms with Crippen LogP contribution < -0.4 is 0 Å². The molecular weight excluding hydrogens is 340 g/mol. The summed E-state index contributed by atoms with van der Waals surface area (Å²) in [7, 11) is -0.364. The van der Waals surface area contributed by atoms with E-state index in [-0.39, 0.29) is 12.1 Å². The van der Waals surface area contributed by atoms with Crippen LogP contribution in [0.1, 0.15) is 44.5 Å². The predicted molar refractivity (Wildman–Crippen MR) is 94.9 cm³/mol. The van der Waals surface area contributed by atoms with Crippen molar-refractivity contribution in [3.8, 4) is 11.4 Å². The van der Waals surface area contributed by atoms with Crippen molar-refractivity contribution >= 4 is 10.2 Å². The number of hydrogen-bond donors (Lipinski definition) is 0. The van der Waals surface area contributed by atoms with Gasteiger partial charge in [0.05, 0.1) is 29.8 Å². The first-order valence-electron chi connectivity index (χ1n) is 8.37. The van der Waals surface area contributed by atoms with Gasteiger partial charge in [0, 0.05) is 32.9 Å². The van der Waals surface area contributed by atoms with Gasteiger partial charge in [0.2, 0.25) is 0 Å². The number of aromatic nitrogens is 4. The molecule has 0 aromatic carbocycles. The summed E-state index contributed by atoms with van der Waals surface area (Å²) in [6.45, 7) is 4.62. The van der Waals surface area contributed by atoms with E-state index < -0.39 is 10.2 Å². The van der Waals surface area contributed by atoms with Gasteiger partial charge in [-0.25, -0.2) is 0 Å². The van der Waals surface area contributed by atoms with Crippen LogP contribution in [-0.2, 0) is 10.2 Å². The van der Waals surface area contributed by atoms with Gasteiger partial charge in [-0.3, -0.25) is 14.6 Å². The first-order chi connectivity index (χ1) is 11.8. The molecule has 0 bridgehead atoms. The van der Waals surface area contributed by atoms with Gasteiger partial charge in [-0.05, 0) is 32.8 Å². The predicted octanol–water partition coefficient (Wildman–Crippen LogP) is 1.86. The Morgan fingerprint density at radius 1 is 1.24 bits per heavy atom. The van der Waals surface area contributed by atoms with Crippen LogP contribution in [0.15, 0.2) is 24.7 Å². The molecule has 1 atom stereocenters. The fourth-order valence-corrected chi connectivity index (χ4v) is 4.41. The van der Waals surface area contributed by atoms with Crippen molar-refractivity contribution in [3.63, 3.8) is 0 Å². The molecule has 3 rings (SSSR count). The first-order valence-corrected chi connectivity index (χ1v) is 9.77. The summed E-state index contributed by atoms with van der Waals surface area (Å²) < 4.78 is 29.6. The highest BCUT2D eigenvalue weighted by Gasteiger charge is 2.37. The standard InChI is InChI=1S/C16H24N6O2S/c1-12(2)22-16(7-8-19-22)14-11-17-13(10-18-14)15-6-5-9-21(15)25(23,24)20(3)4/h7-8,10-12,15H,5-6,9H2,1-4H3. The third-order valence-electron chi connectivity index (χ3n) is 4.40. The summed E-state index contributed by atoms with van der Waals surface area (Å²) in [5, 5.41) is 4.31. The molecule has 1 fully saturated rings. The molecule has 1 aliphatic rings. The Balaban J connectivity index is 1.89. The lowest BCUT2D eigenvalue weighted by molar-refractivity contribution is 0.357. The number of rotatable bonds is 5. The van der Waals surface area contributed by atoms with E-state index >= 15 is 0 Å². The lowest BCUT2D eigenvalue weighted by Crippen LogP contribution is -2.39. The first kappa shape index (κ1) is 18.0. The molecule has 0 radical (unpaired) electrons. The molecule has 2 aromatic rings. The quantitative estimate of drug-likeness (QED) is 0.808. The molecule has 25 heavy (non-hydrogen) atoms. The minimum Gasteiger partial charge on any atom is -0.261 e. The van der Waals surface area contributed by atoms with Gasteiger partial charge in [-0.2, -0.15) is 22.1 Å². The van der Waals surface area contributed by atoms with Crippen LogP contribution in [0, 0.1) is 0 Å². The molecule has 0 N–H and O–H groups in total. The zero-order valence-corrected chi connectivity index (χ0v) is 15.8. The smallest absolute Gasteiger partial charge is 0.261 e. The third-order valence-corrected chi connectivity index (χ3v) is 6.35. The highest BCUT2D eigenvalue weighted by molar-refractivity contribution is 7.86. The monoisotopic (exact) mass is 364 g/mol. The van der Waals surface area contributed by atoms with Gasteiger partial charge >= 0.3 is 0 Å². The van der Waals surface area contributed by atoms with Crippen LogP contribution in [0.25, 0.3) is 11.4 Å². The largest absolute Gasteiger partial charge is 0.282 e. The normalized spacial score (nSPS) is 19.2. The van der Waals surface area contributed by atoms with Crippen molar-refractivity contribution in [2.75, 3.05) is 20.6 Å². The van der Waals surface area contributed by atoms with Crippen LogP contribution in [0.4, 0.5) is 0 Å². The van der Waals surface area contributed by atoms with Gasteiger partial charge < -0.3 is 0 Å². The van der Waals surface area contributed by atoms with Gasteiger partial charge in [0.1, 0.15) is 5.69 Å². The molecule has 8 nitrogen and oxygen atoms in total. The maximum absolute atomic E-state index is 12.5. The van der Waals surface area contributed by atoms with E-state index in [0.29, 0.717) is 12.2 Å². The Morgan fingerprint density at radius 2 is 2.00 bits per heavy atom. The summed E-state index contributed by atoms with van der Waals surface area (Å²) in [5.41, 5.74) is 2.32. The van der Waals surface area contributed by atoms with E-state index in [0.717, 1.165) is 24.2 Å². The Morgan fingerprint density at radius 3 is 2.60 bits per heavy atom. The molecular formula is C16H24N6O2S. The van der Waals surface area contributed by atoms with E-state index in [9.17, 15) is 8.42 Å². The van der Waals surface area contributed by atoms with Crippen molar-refractivity contribution in [1.29, 1.82) is 0 Å². The van der Waals surface area contributed by atoms with E-state index in [4.69, 9.17) is 0 Å². The van der Waals surface area contributed by atoms with Gasteiger partial charge in [0.25, 0.3) is 10.2 Å². The Hall–Kier alpha value is -1.84. The minimum atomic E-state index is -3.46. The summed E-state index contributed by atoms with van der Waals surface area (Å²) in [6.07, 6.45) is 6.70. The summed E-state index contributed by atoms with van der Waals surface area (Å²) in [6, 6.07) is 1.87. The van der Waals surface area contributed by atoms with E-state index in [2.05, 4.69) is 28.9 Å². The van der Waals surface area contributed by atoms with Crippen LogP contribution >= 0.6 is 0 Å². The molecule has 3 heterocycles. The highest BCUT2D eigenvalue weighted by atomic mass is 32.2. The molecule has 0 spiro atoms. The van der Waals surface area contributed by atoms with Crippen molar-refractivity contribution in [2.45, 2.75) is 38.8 Å². The molecule has 0 aliphatic carbocycles.